The summed E-state index contributed by atoms with van der Waals surface area (Å²) >= 11 is 0. The first-order valence-electron chi connectivity index (χ1n) is 13.4. The van der Waals surface area contributed by atoms with Gasteiger partial charge in [0.25, 0.3) is 0 Å². The van der Waals surface area contributed by atoms with Gasteiger partial charge in [-0.15, -0.1) is 0 Å². The minimum atomic E-state index is -0.587. The van der Waals surface area contributed by atoms with Gasteiger partial charge in [0.15, 0.2) is 0 Å². The van der Waals surface area contributed by atoms with Gasteiger partial charge in [-0.25, -0.2) is 8.78 Å². The lowest BCUT2D eigenvalue weighted by atomic mass is 10.1. The van der Waals surface area contributed by atoms with Crippen molar-refractivity contribution in [2.24, 2.45) is 0 Å². The molecule has 2 heterocycles. The summed E-state index contributed by atoms with van der Waals surface area (Å²) in [6.45, 7) is 4.20. The first-order valence-corrected chi connectivity index (χ1v) is 13.4. The number of hydrogen-bond acceptors (Lipinski definition) is 5. The molecule has 2 atom stereocenters. The first kappa shape index (κ1) is 26.8. The van der Waals surface area contributed by atoms with Crippen molar-refractivity contribution in [3.8, 4) is 6.07 Å². The third kappa shape index (κ3) is 6.11. The summed E-state index contributed by atoms with van der Waals surface area (Å²) in [6, 6.07) is 23.4. The molecule has 5 rings (SSSR count). The van der Waals surface area contributed by atoms with Gasteiger partial charge in [-0.05, 0) is 37.2 Å². The molecule has 0 aromatic heterocycles. The number of hydrogen-bond donors (Lipinski definition) is 0. The maximum absolute atomic E-state index is 14.4. The van der Waals surface area contributed by atoms with E-state index in [2.05, 4.69) is 32.9 Å². The minimum absolute atomic E-state index is 0.0518. The number of carbonyl (C=O) groups is 1. The summed E-state index contributed by atoms with van der Waals surface area (Å²) in [5, 5.41) is 9.49. The zero-order chi connectivity index (χ0) is 27.4. The average molecular weight is 530 g/mol. The smallest absolute Gasteiger partial charge is 0.240 e. The van der Waals surface area contributed by atoms with E-state index >= 15 is 0 Å². The molecule has 3 aromatic carbocycles. The molecule has 202 valence electrons. The van der Waals surface area contributed by atoms with Crippen LogP contribution in [0.15, 0.2) is 72.8 Å². The quantitative estimate of drug-likeness (QED) is 0.458. The van der Waals surface area contributed by atoms with Crippen LogP contribution in [0.5, 0.6) is 0 Å². The number of amides is 1. The summed E-state index contributed by atoms with van der Waals surface area (Å²) in [7, 11) is 1.94. The van der Waals surface area contributed by atoms with Crippen molar-refractivity contribution in [3.63, 3.8) is 0 Å². The number of anilines is 1. The monoisotopic (exact) mass is 529 g/mol. The molecule has 6 nitrogen and oxygen atoms in total. The highest BCUT2D eigenvalue weighted by Gasteiger charge is 2.41. The van der Waals surface area contributed by atoms with Crippen molar-refractivity contribution < 1.29 is 13.6 Å². The van der Waals surface area contributed by atoms with Crippen LogP contribution in [0, 0.1) is 23.0 Å². The second kappa shape index (κ2) is 11.9. The van der Waals surface area contributed by atoms with E-state index in [0.29, 0.717) is 63.4 Å². The number of rotatable bonds is 7. The van der Waals surface area contributed by atoms with Gasteiger partial charge in [0.05, 0.1) is 17.3 Å². The van der Waals surface area contributed by atoms with E-state index in [1.807, 2.05) is 54.4 Å². The van der Waals surface area contributed by atoms with Crippen LogP contribution in [0.1, 0.15) is 23.1 Å². The number of benzene rings is 3. The summed E-state index contributed by atoms with van der Waals surface area (Å²) < 4.78 is 27.8. The largest absolute Gasteiger partial charge is 0.367 e. The third-order valence-electron chi connectivity index (χ3n) is 7.91. The van der Waals surface area contributed by atoms with Crippen LogP contribution in [-0.2, 0) is 17.9 Å². The molecule has 0 unspecified atom stereocenters. The Labute approximate surface area is 228 Å². The molecule has 0 bridgehead atoms. The Morgan fingerprint density at radius 1 is 1.00 bits per heavy atom. The lowest BCUT2D eigenvalue weighted by Gasteiger charge is -2.38. The van der Waals surface area contributed by atoms with Crippen LogP contribution in [0.4, 0.5) is 14.5 Å². The van der Waals surface area contributed by atoms with Crippen molar-refractivity contribution in [1.29, 1.82) is 5.26 Å². The Bertz CT molecular complexity index is 1340. The highest BCUT2D eigenvalue weighted by molar-refractivity contribution is 5.82. The van der Waals surface area contributed by atoms with Gasteiger partial charge in [0.1, 0.15) is 17.7 Å². The zero-order valence-corrected chi connectivity index (χ0v) is 22.1. The average Bonchev–Trinajstić information content (AvgIpc) is 3.38. The van der Waals surface area contributed by atoms with Crippen molar-refractivity contribution in [2.75, 3.05) is 44.7 Å². The number of halogens is 2. The summed E-state index contributed by atoms with van der Waals surface area (Å²) in [5.74, 6) is -1.02. The van der Waals surface area contributed by atoms with Crippen LogP contribution >= 0.6 is 0 Å². The predicted molar refractivity (Wildman–Crippen MR) is 147 cm³/mol. The standard InChI is InChI=1S/C31H33F2N5O/c1-35(21-25-11-12-26(32)17-28(25)33)27-18-30(38(22-27)20-23-7-3-2-4-8-23)31(39)37-15-13-36(14-16-37)29-10-6-5-9-24(29)19-34/h2-12,17,27,30H,13-16,18,20-22H2,1H3/t27-,30-/m0/s1. The Morgan fingerprint density at radius 2 is 1.72 bits per heavy atom. The molecule has 0 spiro atoms. The molecule has 8 heteroatoms. The van der Waals surface area contributed by atoms with Crippen LogP contribution in [0.3, 0.4) is 0 Å². The van der Waals surface area contributed by atoms with Crippen LogP contribution in [0.25, 0.3) is 0 Å². The number of para-hydroxylation sites is 1. The molecule has 2 fully saturated rings. The van der Waals surface area contributed by atoms with Crippen molar-refractivity contribution in [3.05, 3.63) is 101 Å². The Morgan fingerprint density at radius 3 is 2.44 bits per heavy atom. The van der Waals surface area contributed by atoms with Crippen molar-refractivity contribution in [1.82, 2.24) is 14.7 Å². The van der Waals surface area contributed by atoms with Gasteiger partial charge in [0.2, 0.25) is 5.91 Å². The van der Waals surface area contributed by atoms with Gasteiger partial charge in [-0.1, -0.05) is 48.5 Å². The molecule has 0 saturated carbocycles. The molecule has 0 radical (unpaired) electrons. The zero-order valence-electron chi connectivity index (χ0n) is 22.1. The normalized spacial score (nSPS) is 19.9. The van der Waals surface area contributed by atoms with E-state index in [9.17, 15) is 18.8 Å². The minimum Gasteiger partial charge on any atom is -0.367 e. The summed E-state index contributed by atoms with van der Waals surface area (Å²) in [6.07, 6.45) is 0.641. The fraction of sp³-hybridized carbons (Fsp3) is 0.355. The van der Waals surface area contributed by atoms with Gasteiger partial charge in [0, 0.05) is 63.5 Å². The SMILES string of the molecule is CN(Cc1ccc(F)cc1F)[C@H]1C[C@@H](C(=O)N2CCN(c3ccccc3C#N)CC2)N(Cc2ccccc2)C1. The van der Waals surface area contributed by atoms with E-state index in [1.54, 1.807) is 0 Å². The lowest BCUT2D eigenvalue weighted by molar-refractivity contribution is -0.136. The van der Waals surface area contributed by atoms with Crippen LogP contribution in [-0.4, -0.2) is 72.5 Å². The van der Waals surface area contributed by atoms with Crippen LogP contribution in [0.2, 0.25) is 0 Å². The van der Waals surface area contributed by atoms with Crippen molar-refractivity contribution >= 4 is 11.6 Å². The molecule has 2 aliphatic heterocycles. The number of piperazine rings is 1. The lowest BCUT2D eigenvalue weighted by Crippen LogP contribution is -2.53. The highest BCUT2D eigenvalue weighted by Crippen LogP contribution is 2.28. The summed E-state index contributed by atoms with van der Waals surface area (Å²) in [4.78, 5) is 22.3. The molecule has 2 saturated heterocycles. The second-order valence-corrected chi connectivity index (χ2v) is 10.4. The molecular formula is C31H33F2N5O. The third-order valence-corrected chi connectivity index (χ3v) is 7.91. The maximum Gasteiger partial charge on any atom is 0.240 e. The molecule has 39 heavy (non-hydrogen) atoms. The molecule has 1 amide bonds. The van der Waals surface area contributed by atoms with Gasteiger partial charge >= 0.3 is 0 Å². The number of carbonyl (C=O) groups excluding carboxylic acids is 1. The van der Waals surface area contributed by atoms with Crippen molar-refractivity contribution in [2.45, 2.75) is 31.6 Å². The van der Waals surface area contributed by atoms with E-state index in [0.717, 1.165) is 17.3 Å². The Balaban J connectivity index is 1.28. The Hall–Kier alpha value is -3.80. The predicted octanol–water partition coefficient (Wildman–Crippen LogP) is 4.26. The first-order chi connectivity index (χ1) is 18.9. The molecule has 0 aliphatic carbocycles. The number of nitrogens with zero attached hydrogens (tertiary/aromatic N) is 5. The highest BCUT2D eigenvalue weighted by atomic mass is 19.1. The fourth-order valence-corrected chi connectivity index (χ4v) is 5.72. The molecule has 3 aromatic rings. The molecule has 0 N–H and O–H groups in total. The van der Waals surface area contributed by atoms with E-state index in [-0.39, 0.29) is 18.0 Å². The molecular weight excluding hydrogens is 496 g/mol. The number of likely N-dealkylation sites (tertiary alicyclic amines) is 1. The van der Waals surface area contributed by atoms with Gasteiger partial charge in [-0.3, -0.25) is 14.6 Å². The topological polar surface area (TPSA) is 53.8 Å². The number of likely N-dealkylation sites (N-methyl/N-ethyl adjacent to an activating group) is 1. The van der Waals surface area contributed by atoms with Crippen LogP contribution < -0.4 is 4.90 Å². The van der Waals surface area contributed by atoms with E-state index < -0.39 is 11.6 Å². The second-order valence-electron chi connectivity index (χ2n) is 10.4. The molecule has 2 aliphatic rings. The maximum atomic E-state index is 14.4. The summed E-state index contributed by atoms with van der Waals surface area (Å²) in [5.41, 5.74) is 3.14. The van der Waals surface area contributed by atoms with E-state index in [1.165, 1.54) is 12.1 Å². The van der Waals surface area contributed by atoms with Gasteiger partial charge in [-0.2, -0.15) is 5.26 Å². The Kier molecular flexibility index (Phi) is 8.20. The van der Waals surface area contributed by atoms with E-state index in [4.69, 9.17) is 0 Å². The fourth-order valence-electron chi connectivity index (χ4n) is 5.72. The van der Waals surface area contributed by atoms with Gasteiger partial charge < -0.3 is 9.80 Å². The number of nitriles is 1.